The third kappa shape index (κ3) is 1.50. The zero-order chi connectivity index (χ0) is 11.8. The number of hydrogen-bond donors (Lipinski definition) is 1. The van der Waals surface area contributed by atoms with Crippen molar-refractivity contribution in [1.29, 1.82) is 0 Å². The van der Waals surface area contributed by atoms with Gasteiger partial charge in [-0.05, 0) is 12.1 Å². The van der Waals surface area contributed by atoms with Crippen molar-refractivity contribution in [2.24, 2.45) is 5.92 Å². The van der Waals surface area contributed by atoms with Gasteiger partial charge in [0.05, 0.1) is 0 Å². The second-order valence-electron chi connectivity index (χ2n) is 4.19. The van der Waals surface area contributed by atoms with E-state index in [1.807, 2.05) is 19.9 Å². The van der Waals surface area contributed by atoms with Crippen molar-refractivity contribution in [3.05, 3.63) is 24.3 Å². The summed E-state index contributed by atoms with van der Waals surface area (Å²) in [5, 5.41) is 9.28. The van der Waals surface area contributed by atoms with E-state index in [9.17, 15) is 9.90 Å². The number of ether oxygens (including phenoxy) is 2. The van der Waals surface area contributed by atoms with E-state index in [-0.39, 0.29) is 12.5 Å². The Labute approximate surface area is 93.8 Å². The molecule has 1 aromatic carbocycles. The minimum absolute atomic E-state index is 0.0387. The van der Waals surface area contributed by atoms with Crippen molar-refractivity contribution in [3.63, 3.8) is 0 Å². The van der Waals surface area contributed by atoms with Gasteiger partial charge in [-0.2, -0.15) is 0 Å². The Hall–Kier alpha value is -1.71. The third-order valence-electron chi connectivity index (χ3n) is 2.88. The summed E-state index contributed by atoms with van der Waals surface area (Å²) in [5.41, 5.74) is -1.28. The molecule has 0 spiro atoms. The summed E-state index contributed by atoms with van der Waals surface area (Å²) in [6.07, 6.45) is 0. The van der Waals surface area contributed by atoms with Crippen molar-refractivity contribution in [1.82, 2.24) is 0 Å². The van der Waals surface area contributed by atoms with Crippen LogP contribution in [0.1, 0.15) is 13.8 Å². The van der Waals surface area contributed by atoms with Crippen LogP contribution >= 0.6 is 0 Å². The van der Waals surface area contributed by atoms with E-state index in [1.54, 1.807) is 18.2 Å². The summed E-state index contributed by atoms with van der Waals surface area (Å²) in [6, 6.07) is 7.10. The van der Waals surface area contributed by atoms with E-state index in [2.05, 4.69) is 0 Å². The summed E-state index contributed by atoms with van der Waals surface area (Å²) in [4.78, 5) is 11.3. The molecule has 0 aromatic heterocycles. The average Bonchev–Trinajstić information content (AvgIpc) is 2.27. The maximum Gasteiger partial charge on any atom is 0.351 e. The van der Waals surface area contributed by atoms with Gasteiger partial charge in [0.25, 0.3) is 0 Å². The second-order valence-corrected chi connectivity index (χ2v) is 4.19. The van der Waals surface area contributed by atoms with Gasteiger partial charge in [0.1, 0.15) is 6.61 Å². The van der Waals surface area contributed by atoms with Gasteiger partial charge in [-0.1, -0.05) is 26.0 Å². The molecule has 1 aromatic rings. The topological polar surface area (TPSA) is 55.8 Å². The van der Waals surface area contributed by atoms with Gasteiger partial charge >= 0.3 is 5.97 Å². The molecule has 0 bridgehead atoms. The highest BCUT2D eigenvalue weighted by Gasteiger charge is 2.48. The Morgan fingerprint density at radius 2 is 2.00 bits per heavy atom. The van der Waals surface area contributed by atoms with Gasteiger partial charge in [0.2, 0.25) is 5.60 Å². The zero-order valence-electron chi connectivity index (χ0n) is 9.27. The molecule has 1 aliphatic rings. The molecule has 0 radical (unpaired) electrons. The van der Waals surface area contributed by atoms with E-state index < -0.39 is 11.6 Å². The summed E-state index contributed by atoms with van der Waals surface area (Å²) >= 11 is 0. The number of para-hydroxylation sites is 2. The van der Waals surface area contributed by atoms with Crippen LogP contribution in [0.25, 0.3) is 0 Å². The molecular formula is C12H14O4. The molecule has 0 saturated heterocycles. The minimum Gasteiger partial charge on any atom is -0.485 e. The average molecular weight is 222 g/mol. The lowest BCUT2D eigenvalue weighted by atomic mass is 9.90. The van der Waals surface area contributed by atoms with E-state index in [0.29, 0.717) is 11.5 Å². The highest BCUT2D eigenvalue weighted by atomic mass is 16.6. The van der Waals surface area contributed by atoms with Crippen molar-refractivity contribution in [3.8, 4) is 11.5 Å². The number of carboxylic acids is 1. The van der Waals surface area contributed by atoms with Gasteiger partial charge in [0.15, 0.2) is 11.5 Å². The first-order valence-electron chi connectivity index (χ1n) is 5.20. The van der Waals surface area contributed by atoms with Crippen LogP contribution in [-0.2, 0) is 4.79 Å². The molecule has 4 nitrogen and oxygen atoms in total. The Morgan fingerprint density at radius 3 is 2.56 bits per heavy atom. The predicted molar refractivity (Wildman–Crippen MR) is 57.8 cm³/mol. The van der Waals surface area contributed by atoms with Crippen LogP contribution in [-0.4, -0.2) is 23.3 Å². The van der Waals surface area contributed by atoms with E-state index in [1.165, 1.54) is 0 Å². The SMILES string of the molecule is CC(C)[C@]1(C(=O)O)COc2ccccc2O1. The van der Waals surface area contributed by atoms with Gasteiger partial charge < -0.3 is 14.6 Å². The molecule has 16 heavy (non-hydrogen) atoms. The Bertz CT molecular complexity index is 413. The number of benzene rings is 1. The zero-order valence-corrected chi connectivity index (χ0v) is 9.27. The minimum atomic E-state index is -1.28. The summed E-state index contributed by atoms with van der Waals surface area (Å²) < 4.78 is 11.1. The molecule has 0 fully saturated rings. The van der Waals surface area contributed by atoms with Gasteiger partial charge in [-0.25, -0.2) is 4.79 Å². The first-order valence-corrected chi connectivity index (χ1v) is 5.20. The van der Waals surface area contributed by atoms with Crippen LogP contribution in [0.15, 0.2) is 24.3 Å². The highest BCUT2D eigenvalue weighted by molar-refractivity contribution is 5.79. The van der Waals surface area contributed by atoms with Crippen LogP contribution in [0.3, 0.4) is 0 Å². The van der Waals surface area contributed by atoms with Gasteiger partial charge in [0, 0.05) is 5.92 Å². The molecule has 0 unspecified atom stereocenters. The maximum atomic E-state index is 11.3. The van der Waals surface area contributed by atoms with Gasteiger partial charge in [-0.3, -0.25) is 0 Å². The van der Waals surface area contributed by atoms with E-state index in [4.69, 9.17) is 9.47 Å². The summed E-state index contributed by atoms with van der Waals surface area (Å²) in [6.45, 7) is 3.66. The summed E-state index contributed by atoms with van der Waals surface area (Å²) in [5.74, 6) is -0.0692. The van der Waals surface area contributed by atoms with Crippen LogP contribution in [0.4, 0.5) is 0 Å². The maximum absolute atomic E-state index is 11.3. The van der Waals surface area contributed by atoms with Gasteiger partial charge in [-0.15, -0.1) is 0 Å². The quantitative estimate of drug-likeness (QED) is 0.830. The second kappa shape index (κ2) is 3.70. The predicted octanol–water partition coefficient (Wildman–Crippen LogP) is 1.94. The molecule has 1 aliphatic heterocycles. The first kappa shape index (κ1) is 10.8. The number of hydrogen-bond acceptors (Lipinski definition) is 3. The first-order chi connectivity index (χ1) is 7.56. The number of carbonyl (C=O) groups is 1. The Balaban J connectivity index is 2.39. The molecule has 0 amide bonds. The Kier molecular flexibility index (Phi) is 2.50. The lowest BCUT2D eigenvalue weighted by Gasteiger charge is -2.37. The molecule has 4 heteroatoms. The number of aliphatic carboxylic acids is 1. The number of rotatable bonds is 2. The smallest absolute Gasteiger partial charge is 0.351 e. The monoisotopic (exact) mass is 222 g/mol. The van der Waals surface area contributed by atoms with Crippen LogP contribution in [0.2, 0.25) is 0 Å². The van der Waals surface area contributed by atoms with Crippen molar-refractivity contribution >= 4 is 5.97 Å². The number of carboxylic acid groups (broad SMARTS) is 1. The van der Waals surface area contributed by atoms with E-state index >= 15 is 0 Å². The number of fused-ring (bicyclic) bond motifs is 1. The van der Waals surface area contributed by atoms with Crippen molar-refractivity contribution < 1.29 is 19.4 Å². The normalized spacial score (nSPS) is 23.2. The molecule has 1 N–H and O–H groups in total. The fourth-order valence-electron chi connectivity index (χ4n) is 1.70. The molecule has 2 rings (SSSR count). The molecule has 1 heterocycles. The fraction of sp³-hybridized carbons (Fsp3) is 0.417. The molecule has 0 saturated carbocycles. The molecular weight excluding hydrogens is 208 g/mol. The standard InChI is InChI=1S/C12H14O4/c1-8(2)12(11(13)14)7-15-9-5-3-4-6-10(9)16-12/h3-6,8H,7H2,1-2H3,(H,13,14)/t12-/m0/s1. The van der Waals surface area contributed by atoms with E-state index in [0.717, 1.165) is 0 Å². The third-order valence-corrected chi connectivity index (χ3v) is 2.88. The lowest BCUT2D eigenvalue weighted by Crippen LogP contribution is -2.55. The summed E-state index contributed by atoms with van der Waals surface area (Å²) in [7, 11) is 0. The molecule has 0 aliphatic carbocycles. The highest BCUT2D eigenvalue weighted by Crippen LogP contribution is 2.37. The van der Waals surface area contributed by atoms with Crippen LogP contribution < -0.4 is 9.47 Å². The van der Waals surface area contributed by atoms with Crippen molar-refractivity contribution in [2.45, 2.75) is 19.4 Å². The molecule has 1 atom stereocenters. The van der Waals surface area contributed by atoms with Crippen LogP contribution in [0.5, 0.6) is 11.5 Å². The van der Waals surface area contributed by atoms with Crippen LogP contribution in [0, 0.1) is 5.92 Å². The largest absolute Gasteiger partial charge is 0.485 e. The van der Waals surface area contributed by atoms with Crippen molar-refractivity contribution in [2.75, 3.05) is 6.61 Å². The lowest BCUT2D eigenvalue weighted by molar-refractivity contribution is -0.166. The fourth-order valence-corrected chi connectivity index (χ4v) is 1.70. The molecule has 86 valence electrons. The Morgan fingerprint density at radius 1 is 1.38 bits per heavy atom.